The van der Waals surface area contributed by atoms with Gasteiger partial charge in [0.1, 0.15) is 5.75 Å². The highest BCUT2D eigenvalue weighted by Gasteiger charge is 2.33. The van der Waals surface area contributed by atoms with Crippen LogP contribution in [0.3, 0.4) is 0 Å². The van der Waals surface area contributed by atoms with Crippen molar-refractivity contribution in [1.29, 1.82) is 0 Å². The summed E-state index contributed by atoms with van der Waals surface area (Å²) in [5.74, 6) is 0.512. The van der Waals surface area contributed by atoms with Crippen LogP contribution in [0.2, 0.25) is 0 Å². The first kappa shape index (κ1) is 25.7. The van der Waals surface area contributed by atoms with E-state index in [4.69, 9.17) is 4.74 Å². The number of carbonyl (C=O) groups is 1. The normalized spacial score (nSPS) is 18.9. The molecule has 2 heterocycles. The SMILES string of the molecule is CCOc1ccc(S(=O)(=O)N2CCC(C(=O)NCC(c3ccc(C)cc3)N3CCCC3)CC2)cc1. The number of amides is 1. The van der Waals surface area contributed by atoms with Gasteiger partial charge in [-0.2, -0.15) is 4.31 Å². The number of ether oxygens (including phenoxy) is 1. The maximum Gasteiger partial charge on any atom is 0.243 e. The van der Waals surface area contributed by atoms with Crippen molar-refractivity contribution in [2.75, 3.05) is 39.3 Å². The summed E-state index contributed by atoms with van der Waals surface area (Å²) >= 11 is 0. The molecule has 2 aromatic carbocycles. The number of rotatable bonds is 9. The van der Waals surface area contributed by atoms with Gasteiger partial charge in [0.05, 0.1) is 17.5 Å². The van der Waals surface area contributed by atoms with E-state index in [2.05, 4.69) is 41.4 Å². The van der Waals surface area contributed by atoms with Gasteiger partial charge in [-0.05, 0) is 82.4 Å². The first-order valence-electron chi connectivity index (χ1n) is 12.7. The number of aryl methyl sites for hydroxylation is 1. The molecule has 190 valence electrons. The molecule has 1 atom stereocenters. The van der Waals surface area contributed by atoms with E-state index < -0.39 is 10.0 Å². The Morgan fingerprint density at radius 1 is 1.00 bits per heavy atom. The third kappa shape index (κ3) is 6.23. The van der Waals surface area contributed by atoms with Gasteiger partial charge in [-0.15, -0.1) is 0 Å². The Hall–Kier alpha value is -2.42. The molecule has 8 heteroatoms. The van der Waals surface area contributed by atoms with Crippen molar-refractivity contribution >= 4 is 15.9 Å². The average Bonchev–Trinajstić information content (AvgIpc) is 3.40. The van der Waals surface area contributed by atoms with E-state index in [1.807, 2.05) is 6.92 Å². The highest BCUT2D eigenvalue weighted by Crippen LogP contribution is 2.27. The molecule has 0 saturated carbocycles. The molecule has 7 nitrogen and oxygen atoms in total. The van der Waals surface area contributed by atoms with Crippen LogP contribution in [0.1, 0.15) is 49.8 Å². The van der Waals surface area contributed by atoms with E-state index in [-0.39, 0.29) is 22.8 Å². The second-order valence-corrected chi connectivity index (χ2v) is 11.4. The highest BCUT2D eigenvalue weighted by molar-refractivity contribution is 7.89. The minimum absolute atomic E-state index is 0.0272. The van der Waals surface area contributed by atoms with Crippen molar-refractivity contribution in [2.24, 2.45) is 5.92 Å². The summed E-state index contributed by atoms with van der Waals surface area (Å²) in [6.45, 7) is 7.88. The molecule has 2 aliphatic heterocycles. The van der Waals surface area contributed by atoms with Crippen LogP contribution < -0.4 is 10.1 Å². The maximum atomic E-state index is 13.1. The lowest BCUT2D eigenvalue weighted by Crippen LogP contribution is -2.44. The van der Waals surface area contributed by atoms with E-state index in [1.54, 1.807) is 24.3 Å². The largest absolute Gasteiger partial charge is 0.494 e. The fourth-order valence-electron chi connectivity index (χ4n) is 5.02. The molecule has 1 N–H and O–H groups in total. The van der Waals surface area contributed by atoms with E-state index in [9.17, 15) is 13.2 Å². The Bertz CT molecular complexity index is 1070. The summed E-state index contributed by atoms with van der Waals surface area (Å²) in [6, 6.07) is 15.3. The molecule has 2 aliphatic rings. The number of hydrogen-bond donors (Lipinski definition) is 1. The Kier molecular flexibility index (Phi) is 8.46. The van der Waals surface area contributed by atoms with Gasteiger partial charge in [-0.25, -0.2) is 8.42 Å². The molecular weight excluding hydrogens is 462 g/mol. The zero-order valence-corrected chi connectivity index (χ0v) is 21.6. The lowest BCUT2D eigenvalue weighted by molar-refractivity contribution is -0.126. The molecule has 2 aromatic rings. The Morgan fingerprint density at radius 2 is 1.63 bits per heavy atom. The summed E-state index contributed by atoms with van der Waals surface area (Å²) in [7, 11) is -3.58. The maximum absolute atomic E-state index is 13.1. The molecule has 0 radical (unpaired) electrons. The third-order valence-corrected chi connectivity index (χ3v) is 9.02. The number of benzene rings is 2. The van der Waals surface area contributed by atoms with Gasteiger partial charge in [-0.1, -0.05) is 29.8 Å². The molecule has 1 amide bonds. The van der Waals surface area contributed by atoms with Gasteiger partial charge in [0.25, 0.3) is 0 Å². The van der Waals surface area contributed by atoms with E-state index in [0.717, 1.165) is 13.1 Å². The van der Waals surface area contributed by atoms with Crippen LogP contribution in [0.25, 0.3) is 0 Å². The number of likely N-dealkylation sites (tertiary alicyclic amines) is 1. The van der Waals surface area contributed by atoms with Crippen LogP contribution in [0.15, 0.2) is 53.4 Å². The minimum atomic E-state index is -3.58. The fourth-order valence-corrected chi connectivity index (χ4v) is 6.49. The summed E-state index contributed by atoms with van der Waals surface area (Å²) < 4.78 is 33.0. The van der Waals surface area contributed by atoms with Gasteiger partial charge in [0, 0.05) is 25.6 Å². The third-order valence-electron chi connectivity index (χ3n) is 7.11. The number of piperidine rings is 1. The number of nitrogens with one attached hydrogen (secondary N) is 1. The predicted octanol–water partition coefficient (Wildman–Crippen LogP) is 3.75. The molecule has 4 rings (SSSR count). The van der Waals surface area contributed by atoms with E-state index in [1.165, 1.54) is 28.3 Å². The number of sulfonamides is 1. The molecular formula is C27H37N3O4S. The average molecular weight is 500 g/mol. The minimum Gasteiger partial charge on any atom is -0.494 e. The first-order chi connectivity index (χ1) is 16.9. The summed E-state index contributed by atoms with van der Waals surface area (Å²) in [4.78, 5) is 15.7. The van der Waals surface area contributed by atoms with Crippen molar-refractivity contribution < 1.29 is 17.9 Å². The monoisotopic (exact) mass is 499 g/mol. The molecule has 0 spiro atoms. The summed E-state index contributed by atoms with van der Waals surface area (Å²) in [6.07, 6.45) is 3.44. The van der Waals surface area contributed by atoms with Crippen LogP contribution >= 0.6 is 0 Å². The molecule has 1 unspecified atom stereocenters. The van der Waals surface area contributed by atoms with E-state index >= 15 is 0 Å². The Morgan fingerprint density at radius 3 is 2.23 bits per heavy atom. The van der Waals surface area contributed by atoms with Crippen molar-refractivity contribution in [1.82, 2.24) is 14.5 Å². The van der Waals surface area contributed by atoms with Gasteiger partial charge in [-0.3, -0.25) is 9.69 Å². The van der Waals surface area contributed by atoms with E-state index in [0.29, 0.717) is 44.8 Å². The number of nitrogens with zero attached hydrogens (tertiary/aromatic N) is 2. The fraction of sp³-hybridized carbons (Fsp3) is 0.519. The van der Waals surface area contributed by atoms with Gasteiger partial charge < -0.3 is 10.1 Å². The zero-order valence-electron chi connectivity index (χ0n) is 20.8. The quantitative estimate of drug-likeness (QED) is 0.569. The second kappa shape index (κ2) is 11.5. The first-order valence-corrected chi connectivity index (χ1v) is 14.1. The zero-order chi connectivity index (χ0) is 24.8. The number of carbonyl (C=O) groups excluding carboxylic acids is 1. The van der Waals surface area contributed by atoms with Crippen molar-refractivity contribution in [3.8, 4) is 5.75 Å². The van der Waals surface area contributed by atoms with Gasteiger partial charge >= 0.3 is 0 Å². The van der Waals surface area contributed by atoms with Crippen LogP contribution in [0.5, 0.6) is 5.75 Å². The molecule has 35 heavy (non-hydrogen) atoms. The topological polar surface area (TPSA) is 79.0 Å². The predicted molar refractivity (Wildman–Crippen MR) is 137 cm³/mol. The second-order valence-electron chi connectivity index (χ2n) is 9.50. The summed E-state index contributed by atoms with van der Waals surface area (Å²) in [5.41, 5.74) is 2.46. The van der Waals surface area contributed by atoms with Crippen LogP contribution in [-0.2, 0) is 14.8 Å². The smallest absolute Gasteiger partial charge is 0.243 e. The standard InChI is InChI=1S/C27H37N3O4S/c1-3-34-24-10-12-25(13-11-24)35(32,33)30-18-14-23(15-19-30)27(31)28-20-26(29-16-4-5-17-29)22-8-6-21(2)7-9-22/h6-13,23,26H,3-5,14-20H2,1-2H3,(H,28,31). The van der Waals surface area contributed by atoms with Gasteiger partial charge in [0.15, 0.2) is 0 Å². The van der Waals surface area contributed by atoms with Crippen molar-refractivity contribution in [3.05, 3.63) is 59.7 Å². The lowest BCUT2D eigenvalue weighted by atomic mass is 9.96. The Balaban J connectivity index is 1.33. The molecule has 0 aliphatic carbocycles. The van der Waals surface area contributed by atoms with Crippen molar-refractivity contribution in [3.63, 3.8) is 0 Å². The molecule has 2 saturated heterocycles. The summed E-state index contributed by atoms with van der Waals surface area (Å²) in [5, 5.41) is 3.18. The number of hydrogen-bond acceptors (Lipinski definition) is 5. The Labute approximate surface area is 209 Å². The van der Waals surface area contributed by atoms with Crippen LogP contribution in [0.4, 0.5) is 0 Å². The lowest BCUT2D eigenvalue weighted by Gasteiger charge is -2.32. The van der Waals surface area contributed by atoms with Crippen molar-refractivity contribution in [2.45, 2.75) is 50.5 Å². The molecule has 0 bridgehead atoms. The van der Waals surface area contributed by atoms with Crippen LogP contribution in [0, 0.1) is 12.8 Å². The molecule has 0 aromatic heterocycles. The molecule has 2 fully saturated rings. The highest BCUT2D eigenvalue weighted by atomic mass is 32.2. The van der Waals surface area contributed by atoms with Gasteiger partial charge in [0.2, 0.25) is 15.9 Å². The van der Waals surface area contributed by atoms with Crippen LogP contribution in [-0.4, -0.2) is 62.9 Å².